The van der Waals surface area contributed by atoms with Crippen molar-refractivity contribution in [2.24, 2.45) is 0 Å². The SMILES string of the molecule is CC(C)n1nc(N2CCCC2)c(S(C)(=O)=O)c1N. The fourth-order valence-electron chi connectivity index (χ4n) is 2.31. The van der Waals surface area contributed by atoms with Crippen LogP contribution < -0.4 is 10.6 Å². The zero-order valence-electron chi connectivity index (χ0n) is 11.0. The molecule has 1 fully saturated rings. The van der Waals surface area contributed by atoms with E-state index in [4.69, 9.17) is 5.73 Å². The van der Waals surface area contributed by atoms with Crippen LogP contribution in [0.2, 0.25) is 0 Å². The van der Waals surface area contributed by atoms with E-state index >= 15 is 0 Å². The Labute approximate surface area is 108 Å². The third-order valence-electron chi connectivity index (χ3n) is 3.15. The van der Waals surface area contributed by atoms with Gasteiger partial charge in [-0.05, 0) is 26.7 Å². The molecule has 7 heteroatoms. The average Bonchev–Trinajstić information content (AvgIpc) is 2.81. The Morgan fingerprint density at radius 2 is 1.83 bits per heavy atom. The minimum absolute atomic E-state index is 0.0434. The fraction of sp³-hybridized carbons (Fsp3) is 0.727. The molecule has 1 aromatic rings. The number of anilines is 2. The summed E-state index contributed by atoms with van der Waals surface area (Å²) in [5.41, 5.74) is 5.95. The molecule has 6 nitrogen and oxygen atoms in total. The maximum atomic E-state index is 11.9. The van der Waals surface area contributed by atoms with Gasteiger partial charge < -0.3 is 10.6 Å². The highest BCUT2D eigenvalue weighted by molar-refractivity contribution is 7.91. The highest BCUT2D eigenvalue weighted by Crippen LogP contribution is 2.33. The van der Waals surface area contributed by atoms with E-state index in [0.717, 1.165) is 25.9 Å². The van der Waals surface area contributed by atoms with E-state index in [1.165, 1.54) is 6.26 Å². The second kappa shape index (κ2) is 4.46. The van der Waals surface area contributed by atoms with E-state index in [1.807, 2.05) is 18.7 Å². The first kappa shape index (κ1) is 13.2. The van der Waals surface area contributed by atoms with Crippen LogP contribution in [-0.4, -0.2) is 37.5 Å². The van der Waals surface area contributed by atoms with E-state index in [0.29, 0.717) is 5.82 Å². The van der Waals surface area contributed by atoms with Crippen molar-refractivity contribution in [1.82, 2.24) is 9.78 Å². The summed E-state index contributed by atoms with van der Waals surface area (Å²) in [6, 6.07) is 0.0434. The van der Waals surface area contributed by atoms with Crippen LogP contribution in [0.1, 0.15) is 32.7 Å². The van der Waals surface area contributed by atoms with Crippen molar-refractivity contribution in [3.05, 3.63) is 0 Å². The minimum atomic E-state index is -3.36. The lowest BCUT2D eigenvalue weighted by Crippen LogP contribution is -2.20. The first-order chi connectivity index (χ1) is 8.32. The molecule has 0 radical (unpaired) electrons. The number of nitrogens with two attached hydrogens (primary N) is 1. The molecule has 0 saturated carbocycles. The van der Waals surface area contributed by atoms with E-state index in [9.17, 15) is 8.42 Å². The average molecular weight is 272 g/mol. The second-order valence-corrected chi connectivity index (χ2v) is 7.00. The Bertz CT molecular complexity index is 542. The van der Waals surface area contributed by atoms with Crippen LogP contribution in [0.25, 0.3) is 0 Å². The van der Waals surface area contributed by atoms with Gasteiger partial charge in [-0.15, -0.1) is 0 Å². The molecule has 1 aliphatic rings. The molecule has 102 valence electrons. The van der Waals surface area contributed by atoms with Gasteiger partial charge in [0.1, 0.15) is 5.82 Å². The molecule has 0 aliphatic carbocycles. The molecule has 0 aromatic carbocycles. The molecule has 2 rings (SSSR count). The summed E-state index contributed by atoms with van der Waals surface area (Å²) in [6.45, 7) is 5.56. The molecule has 0 amide bonds. The molecule has 0 bridgehead atoms. The lowest BCUT2D eigenvalue weighted by molar-refractivity contribution is 0.539. The Hall–Kier alpha value is -1.24. The largest absolute Gasteiger partial charge is 0.383 e. The van der Waals surface area contributed by atoms with Gasteiger partial charge in [0.25, 0.3) is 0 Å². The van der Waals surface area contributed by atoms with Gasteiger partial charge in [-0.3, -0.25) is 0 Å². The second-order valence-electron chi connectivity index (χ2n) is 5.04. The van der Waals surface area contributed by atoms with Crippen molar-refractivity contribution in [1.29, 1.82) is 0 Å². The number of hydrogen-bond donors (Lipinski definition) is 1. The molecule has 1 aromatic heterocycles. The Kier molecular flexibility index (Phi) is 3.27. The van der Waals surface area contributed by atoms with Crippen LogP contribution in [0.4, 0.5) is 11.6 Å². The normalized spacial score (nSPS) is 16.8. The summed E-state index contributed by atoms with van der Waals surface area (Å²) in [5.74, 6) is 0.760. The maximum absolute atomic E-state index is 11.9. The van der Waals surface area contributed by atoms with Crippen molar-refractivity contribution in [3.63, 3.8) is 0 Å². The Balaban J connectivity index is 2.60. The van der Waals surface area contributed by atoms with E-state index in [2.05, 4.69) is 5.10 Å². The van der Waals surface area contributed by atoms with Crippen molar-refractivity contribution in [2.75, 3.05) is 30.0 Å². The van der Waals surface area contributed by atoms with Gasteiger partial charge in [0, 0.05) is 25.4 Å². The third-order valence-corrected chi connectivity index (χ3v) is 4.28. The minimum Gasteiger partial charge on any atom is -0.383 e. The van der Waals surface area contributed by atoms with Gasteiger partial charge in [0.15, 0.2) is 20.6 Å². The van der Waals surface area contributed by atoms with E-state index < -0.39 is 9.84 Å². The monoisotopic (exact) mass is 272 g/mol. The molecule has 1 aliphatic heterocycles. The van der Waals surface area contributed by atoms with Crippen LogP contribution in [-0.2, 0) is 9.84 Å². The summed E-state index contributed by atoms with van der Waals surface area (Å²) in [5, 5.41) is 4.40. The van der Waals surface area contributed by atoms with Crippen LogP contribution in [0.5, 0.6) is 0 Å². The first-order valence-electron chi connectivity index (χ1n) is 6.15. The van der Waals surface area contributed by atoms with Crippen molar-refractivity contribution in [2.45, 2.75) is 37.6 Å². The van der Waals surface area contributed by atoms with Crippen molar-refractivity contribution < 1.29 is 8.42 Å². The van der Waals surface area contributed by atoms with Crippen LogP contribution in [0.3, 0.4) is 0 Å². The Morgan fingerprint density at radius 1 is 1.28 bits per heavy atom. The first-order valence-corrected chi connectivity index (χ1v) is 8.04. The van der Waals surface area contributed by atoms with Crippen molar-refractivity contribution >= 4 is 21.5 Å². The topological polar surface area (TPSA) is 81.2 Å². The highest BCUT2D eigenvalue weighted by atomic mass is 32.2. The summed E-state index contributed by atoms with van der Waals surface area (Å²) >= 11 is 0. The number of nitrogen functional groups attached to an aromatic ring is 1. The van der Waals surface area contributed by atoms with Gasteiger partial charge in [-0.2, -0.15) is 5.10 Å². The summed E-state index contributed by atoms with van der Waals surface area (Å²) < 4.78 is 25.4. The van der Waals surface area contributed by atoms with Gasteiger partial charge in [0.05, 0.1) is 0 Å². The molecule has 0 unspecified atom stereocenters. The summed E-state index contributed by atoms with van der Waals surface area (Å²) in [7, 11) is -3.36. The zero-order valence-corrected chi connectivity index (χ0v) is 11.9. The lowest BCUT2D eigenvalue weighted by atomic mass is 10.4. The summed E-state index contributed by atoms with van der Waals surface area (Å²) in [6.07, 6.45) is 3.32. The Morgan fingerprint density at radius 3 is 2.28 bits per heavy atom. The fourth-order valence-corrected chi connectivity index (χ4v) is 3.28. The predicted molar refractivity (Wildman–Crippen MR) is 71.6 cm³/mol. The predicted octanol–water partition coefficient (Wildman–Crippen LogP) is 1.05. The maximum Gasteiger partial charge on any atom is 0.182 e. The van der Waals surface area contributed by atoms with Crippen LogP contribution in [0, 0.1) is 0 Å². The molecule has 18 heavy (non-hydrogen) atoms. The van der Waals surface area contributed by atoms with Crippen LogP contribution >= 0.6 is 0 Å². The molecule has 1 saturated heterocycles. The van der Waals surface area contributed by atoms with Gasteiger partial charge in [-0.1, -0.05) is 0 Å². The molecular weight excluding hydrogens is 252 g/mol. The lowest BCUT2D eigenvalue weighted by Gasteiger charge is -2.15. The van der Waals surface area contributed by atoms with Gasteiger partial charge in [0.2, 0.25) is 0 Å². The van der Waals surface area contributed by atoms with E-state index in [-0.39, 0.29) is 16.8 Å². The number of hydrogen-bond acceptors (Lipinski definition) is 5. The molecule has 0 spiro atoms. The third kappa shape index (κ3) is 2.19. The smallest absolute Gasteiger partial charge is 0.182 e. The summed E-state index contributed by atoms with van der Waals surface area (Å²) in [4.78, 5) is 2.18. The number of rotatable bonds is 3. The quantitative estimate of drug-likeness (QED) is 0.889. The molecular formula is C11H20N4O2S. The standard InChI is InChI=1S/C11H20N4O2S/c1-8(2)15-10(12)9(18(3,16)17)11(13-15)14-6-4-5-7-14/h8H,4-7,12H2,1-3H3. The van der Waals surface area contributed by atoms with Gasteiger partial charge >= 0.3 is 0 Å². The number of nitrogens with zero attached hydrogens (tertiary/aromatic N) is 3. The molecule has 2 heterocycles. The highest BCUT2D eigenvalue weighted by Gasteiger charge is 2.29. The van der Waals surface area contributed by atoms with Crippen LogP contribution in [0.15, 0.2) is 4.90 Å². The molecule has 2 N–H and O–H groups in total. The number of sulfone groups is 1. The number of aromatic nitrogens is 2. The van der Waals surface area contributed by atoms with E-state index in [1.54, 1.807) is 4.68 Å². The van der Waals surface area contributed by atoms with Gasteiger partial charge in [-0.25, -0.2) is 13.1 Å². The molecule has 0 atom stereocenters. The van der Waals surface area contributed by atoms with Crippen molar-refractivity contribution in [3.8, 4) is 0 Å². The zero-order chi connectivity index (χ0) is 13.5.